The molecule has 0 aliphatic heterocycles. The second-order valence-electron chi connectivity index (χ2n) is 7.46. The van der Waals surface area contributed by atoms with E-state index >= 15 is 0 Å². The lowest BCUT2D eigenvalue weighted by atomic mass is 9.92. The van der Waals surface area contributed by atoms with Gasteiger partial charge in [0.15, 0.2) is 0 Å². The monoisotopic (exact) mass is 404 g/mol. The molecule has 2 N–H and O–H groups in total. The van der Waals surface area contributed by atoms with E-state index in [9.17, 15) is 0 Å². The first-order valence-electron chi connectivity index (χ1n) is 10.3. The quantitative estimate of drug-likeness (QED) is 0.619. The summed E-state index contributed by atoms with van der Waals surface area (Å²) in [6.07, 6.45) is 8.75. The van der Waals surface area contributed by atoms with Crippen molar-refractivity contribution >= 4 is 16.9 Å². The van der Waals surface area contributed by atoms with E-state index in [4.69, 9.17) is 9.72 Å². The van der Waals surface area contributed by atoms with Crippen LogP contribution in [0.1, 0.15) is 26.2 Å². The van der Waals surface area contributed by atoms with Gasteiger partial charge in [-0.05, 0) is 37.3 Å². The number of allylic oxidation sites excluding steroid dienone is 1. The van der Waals surface area contributed by atoms with Gasteiger partial charge in [0.05, 0.1) is 30.2 Å². The molecule has 0 amide bonds. The molecule has 1 aromatic carbocycles. The van der Waals surface area contributed by atoms with E-state index in [1.54, 1.807) is 13.3 Å². The molecule has 4 rings (SSSR count). The average Bonchev–Trinajstić information content (AvgIpc) is 3.16. The molecule has 0 radical (unpaired) electrons. The molecule has 7 heteroatoms. The van der Waals surface area contributed by atoms with Gasteiger partial charge in [-0.1, -0.05) is 25.5 Å². The molecular formula is C23H28N6O. The van der Waals surface area contributed by atoms with Crippen LogP contribution in [0.25, 0.3) is 22.2 Å². The minimum atomic E-state index is 0.277. The summed E-state index contributed by atoms with van der Waals surface area (Å²) in [4.78, 5) is 9.23. The zero-order valence-corrected chi connectivity index (χ0v) is 17.9. The van der Waals surface area contributed by atoms with Crippen molar-refractivity contribution in [2.45, 2.75) is 32.2 Å². The van der Waals surface area contributed by atoms with Crippen LogP contribution in [0.4, 0.5) is 5.95 Å². The molecule has 0 spiro atoms. The molecule has 2 aromatic heterocycles. The van der Waals surface area contributed by atoms with Crippen molar-refractivity contribution in [3.05, 3.63) is 59.8 Å². The Morgan fingerprint density at radius 3 is 2.90 bits per heavy atom. The summed E-state index contributed by atoms with van der Waals surface area (Å²) in [5.74, 6) is 1.40. The van der Waals surface area contributed by atoms with Gasteiger partial charge in [-0.3, -0.25) is 4.68 Å². The maximum atomic E-state index is 5.67. The summed E-state index contributed by atoms with van der Waals surface area (Å²) in [6, 6.07) is 8.35. The third kappa shape index (κ3) is 3.80. The fourth-order valence-electron chi connectivity index (χ4n) is 4.01. The zero-order valence-electron chi connectivity index (χ0n) is 17.9. The second-order valence-corrected chi connectivity index (χ2v) is 7.46. The minimum absolute atomic E-state index is 0.277. The van der Waals surface area contributed by atoms with Crippen molar-refractivity contribution in [1.82, 2.24) is 25.1 Å². The molecule has 0 saturated carbocycles. The lowest BCUT2D eigenvalue weighted by molar-refractivity contribution is 0.296. The molecule has 30 heavy (non-hydrogen) atoms. The fraction of sp³-hybridized carbons (Fsp3) is 0.348. The number of likely N-dealkylation sites (N-methyl/N-ethyl adjacent to an activating group) is 1. The molecular weight excluding hydrogens is 376 g/mol. The number of nitrogens with one attached hydrogen (secondary N) is 2. The molecule has 1 aliphatic carbocycles. The maximum absolute atomic E-state index is 5.67. The van der Waals surface area contributed by atoms with Crippen LogP contribution in [0.3, 0.4) is 0 Å². The third-order valence-corrected chi connectivity index (χ3v) is 5.56. The van der Waals surface area contributed by atoms with Crippen LogP contribution in [0, 0.1) is 0 Å². The van der Waals surface area contributed by atoms with Crippen molar-refractivity contribution in [3.63, 3.8) is 0 Å². The predicted molar refractivity (Wildman–Crippen MR) is 120 cm³/mol. The number of aryl methyl sites for hydroxylation is 1. The summed E-state index contributed by atoms with van der Waals surface area (Å²) in [7, 11) is 5.64. The number of hydrogen-bond donors (Lipinski definition) is 2. The molecule has 3 aromatic rings. The van der Waals surface area contributed by atoms with Crippen molar-refractivity contribution in [3.8, 4) is 11.3 Å². The largest absolute Gasteiger partial charge is 0.495 e. The van der Waals surface area contributed by atoms with Crippen LogP contribution < -0.4 is 10.6 Å². The number of rotatable bonds is 7. The Bertz CT molecular complexity index is 1110. The van der Waals surface area contributed by atoms with E-state index in [2.05, 4.69) is 45.8 Å². The van der Waals surface area contributed by atoms with Crippen LogP contribution in [0.5, 0.6) is 0 Å². The van der Waals surface area contributed by atoms with Crippen molar-refractivity contribution in [2.75, 3.05) is 19.5 Å². The van der Waals surface area contributed by atoms with Crippen LogP contribution in [0.2, 0.25) is 0 Å². The Balaban J connectivity index is 1.67. The molecule has 0 saturated heterocycles. The highest BCUT2D eigenvalue weighted by Crippen LogP contribution is 2.30. The SMILES string of the molecule is CCCC1=CC(OC)=C(Nc2nccc(-c3cccc4c3cnn4C)n2)CC1NC. The molecule has 1 aliphatic rings. The number of nitrogens with zero attached hydrogens (tertiary/aromatic N) is 4. The smallest absolute Gasteiger partial charge is 0.227 e. The van der Waals surface area contributed by atoms with Crippen LogP contribution in [0.15, 0.2) is 59.8 Å². The van der Waals surface area contributed by atoms with Gasteiger partial charge in [-0.2, -0.15) is 5.10 Å². The summed E-state index contributed by atoms with van der Waals surface area (Å²) in [5, 5.41) is 12.3. The molecule has 0 fully saturated rings. The molecule has 156 valence electrons. The maximum Gasteiger partial charge on any atom is 0.227 e. The number of benzene rings is 1. The predicted octanol–water partition coefficient (Wildman–Crippen LogP) is 4.02. The minimum Gasteiger partial charge on any atom is -0.495 e. The Labute approximate surface area is 176 Å². The Hall–Kier alpha value is -3.19. The highest BCUT2D eigenvalue weighted by molar-refractivity contribution is 5.93. The van der Waals surface area contributed by atoms with E-state index in [1.807, 2.05) is 37.1 Å². The van der Waals surface area contributed by atoms with E-state index in [0.717, 1.165) is 52.9 Å². The lowest BCUT2D eigenvalue weighted by Crippen LogP contribution is -2.32. The van der Waals surface area contributed by atoms with Gasteiger partial charge in [0.2, 0.25) is 5.95 Å². The van der Waals surface area contributed by atoms with E-state index in [1.165, 1.54) is 5.57 Å². The first-order chi connectivity index (χ1) is 14.6. The highest BCUT2D eigenvalue weighted by Gasteiger charge is 2.23. The average molecular weight is 405 g/mol. The molecule has 0 bridgehead atoms. The Kier molecular flexibility index (Phi) is 5.81. The molecule has 1 atom stereocenters. The van der Waals surface area contributed by atoms with E-state index < -0.39 is 0 Å². The number of methoxy groups -OCH3 is 1. The summed E-state index contributed by atoms with van der Waals surface area (Å²) >= 11 is 0. The summed E-state index contributed by atoms with van der Waals surface area (Å²) < 4.78 is 7.54. The Morgan fingerprint density at radius 1 is 1.27 bits per heavy atom. The van der Waals surface area contributed by atoms with E-state index in [0.29, 0.717) is 5.95 Å². The number of hydrogen-bond acceptors (Lipinski definition) is 6. The van der Waals surface area contributed by atoms with Gasteiger partial charge in [-0.25, -0.2) is 9.97 Å². The standard InChI is InChI=1S/C23H28N6O/c1-5-7-15-12-22(30-4)20(13-19(15)24-2)28-23-25-11-10-18(27-23)16-8-6-9-21-17(16)14-26-29(21)3/h6,8-12,14,19,24H,5,7,13H2,1-4H3,(H,25,27,28). The summed E-state index contributed by atoms with van der Waals surface area (Å²) in [6.45, 7) is 2.19. The van der Waals surface area contributed by atoms with Gasteiger partial charge in [-0.15, -0.1) is 0 Å². The normalized spacial score (nSPS) is 16.7. The van der Waals surface area contributed by atoms with E-state index in [-0.39, 0.29) is 6.04 Å². The number of aromatic nitrogens is 4. The number of ether oxygens (including phenoxy) is 1. The van der Waals surface area contributed by atoms with Crippen LogP contribution >= 0.6 is 0 Å². The third-order valence-electron chi connectivity index (χ3n) is 5.56. The zero-order chi connectivity index (χ0) is 21.1. The van der Waals surface area contributed by atoms with Crippen molar-refractivity contribution < 1.29 is 4.74 Å². The molecule has 2 heterocycles. The topological polar surface area (TPSA) is 76.9 Å². The van der Waals surface area contributed by atoms with Gasteiger partial charge in [0, 0.05) is 36.7 Å². The number of fused-ring (bicyclic) bond motifs is 1. The number of anilines is 1. The molecule has 7 nitrogen and oxygen atoms in total. The van der Waals surface area contributed by atoms with Crippen LogP contribution in [-0.2, 0) is 11.8 Å². The first kappa shape index (κ1) is 20.1. The Morgan fingerprint density at radius 2 is 2.13 bits per heavy atom. The lowest BCUT2D eigenvalue weighted by Gasteiger charge is -2.27. The van der Waals surface area contributed by atoms with Gasteiger partial charge >= 0.3 is 0 Å². The first-order valence-corrected chi connectivity index (χ1v) is 10.3. The second kappa shape index (κ2) is 8.67. The van der Waals surface area contributed by atoms with Crippen molar-refractivity contribution in [2.24, 2.45) is 7.05 Å². The fourth-order valence-corrected chi connectivity index (χ4v) is 4.01. The van der Waals surface area contributed by atoms with Gasteiger partial charge in [0.1, 0.15) is 5.76 Å². The van der Waals surface area contributed by atoms with Gasteiger partial charge in [0.25, 0.3) is 0 Å². The highest BCUT2D eigenvalue weighted by atomic mass is 16.5. The van der Waals surface area contributed by atoms with Crippen molar-refractivity contribution in [1.29, 1.82) is 0 Å². The summed E-state index contributed by atoms with van der Waals surface area (Å²) in [5.41, 5.74) is 5.30. The molecule has 1 unspecified atom stereocenters. The van der Waals surface area contributed by atoms with Crippen LogP contribution in [-0.4, -0.2) is 39.9 Å². The van der Waals surface area contributed by atoms with Gasteiger partial charge < -0.3 is 15.4 Å².